The van der Waals surface area contributed by atoms with Gasteiger partial charge in [-0.2, -0.15) is 4.98 Å². The normalized spacial score (nSPS) is 11.3. The number of primary amides is 2. The molecule has 3 amide bonds. The van der Waals surface area contributed by atoms with E-state index in [0.717, 1.165) is 0 Å². The Kier molecular flexibility index (Phi) is 6.26. The first-order valence-corrected chi connectivity index (χ1v) is 8.19. The van der Waals surface area contributed by atoms with Gasteiger partial charge < -0.3 is 27.4 Å². The lowest BCUT2D eigenvalue weighted by molar-refractivity contribution is -0.118. The third kappa shape index (κ3) is 5.39. The molecule has 2 rings (SSSR count). The highest BCUT2D eigenvalue weighted by Crippen LogP contribution is 2.21. The van der Waals surface area contributed by atoms with Crippen LogP contribution < -0.4 is 27.4 Å². The maximum Gasteiger partial charge on any atom is 0.254 e. The van der Waals surface area contributed by atoms with Crippen molar-refractivity contribution in [2.75, 3.05) is 16.0 Å². The molecule has 1 atom stereocenters. The van der Waals surface area contributed by atoms with Crippen LogP contribution in [0.4, 0.5) is 23.1 Å². The van der Waals surface area contributed by atoms with Gasteiger partial charge in [0.05, 0.1) is 0 Å². The predicted molar refractivity (Wildman–Crippen MR) is 101 cm³/mol. The lowest BCUT2D eigenvalue weighted by Gasteiger charge is -2.14. The molecule has 1 aromatic carbocycles. The average Bonchev–Trinajstić information content (AvgIpc) is 2.63. The van der Waals surface area contributed by atoms with E-state index in [4.69, 9.17) is 11.5 Å². The molecule has 1 aromatic heterocycles. The Morgan fingerprint density at radius 3 is 2.30 bits per heavy atom. The molecule has 0 saturated carbocycles. The largest absolute Gasteiger partial charge is 0.368 e. The molecule has 27 heavy (non-hydrogen) atoms. The number of amides is 3. The van der Waals surface area contributed by atoms with Crippen LogP contribution in [0.25, 0.3) is 0 Å². The van der Waals surface area contributed by atoms with Gasteiger partial charge in [-0.15, -0.1) is 0 Å². The van der Waals surface area contributed by atoms with Crippen LogP contribution in [-0.4, -0.2) is 33.7 Å². The van der Waals surface area contributed by atoms with Gasteiger partial charge in [0.2, 0.25) is 17.8 Å². The molecule has 0 spiro atoms. The molecule has 0 fully saturated rings. The van der Waals surface area contributed by atoms with Gasteiger partial charge in [-0.25, -0.2) is 4.98 Å². The van der Waals surface area contributed by atoms with E-state index in [1.807, 2.05) is 0 Å². The number of carbonyl (C=O) groups is 3. The fourth-order valence-electron chi connectivity index (χ4n) is 2.01. The third-order valence-corrected chi connectivity index (χ3v) is 3.58. The van der Waals surface area contributed by atoms with Crippen LogP contribution in [0.2, 0.25) is 0 Å². The zero-order valence-corrected chi connectivity index (χ0v) is 14.9. The fourth-order valence-corrected chi connectivity index (χ4v) is 2.01. The molecule has 1 unspecified atom stereocenters. The summed E-state index contributed by atoms with van der Waals surface area (Å²) < 4.78 is 0. The Morgan fingerprint density at radius 2 is 1.74 bits per heavy atom. The van der Waals surface area contributed by atoms with Gasteiger partial charge in [0.25, 0.3) is 5.91 Å². The number of rotatable bonds is 8. The van der Waals surface area contributed by atoms with Gasteiger partial charge >= 0.3 is 0 Å². The van der Waals surface area contributed by atoms with Crippen LogP contribution in [0.1, 0.15) is 30.6 Å². The Bertz CT molecular complexity index is 852. The maximum atomic E-state index is 11.6. The summed E-state index contributed by atoms with van der Waals surface area (Å²) in [5, 5.41) is 8.44. The third-order valence-electron chi connectivity index (χ3n) is 3.58. The second-order valence-electron chi connectivity index (χ2n) is 5.69. The van der Waals surface area contributed by atoms with Crippen molar-refractivity contribution >= 4 is 40.9 Å². The van der Waals surface area contributed by atoms with Gasteiger partial charge in [-0.3, -0.25) is 14.4 Å². The Labute approximate surface area is 155 Å². The second-order valence-corrected chi connectivity index (χ2v) is 5.69. The maximum absolute atomic E-state index is 11.6. The zero-order chi connectivity index (χ0) is 20.0. The molecule has 0 saturated heterocycles. The minimum absolute atomic E-state index is 0.0793. The number of benzene rings is 1. The number of carbonyl (C=O) groups excluding carboxylic acids is 3. The summed E-state index contributed by atoms with van der Waals surface area (Å²) in [4.78, 5) is 42.4. The van der Waals surface area contributed by atoms with Gasteiger partial charge in [-0.1, -0.05) is 6.92 Å². The van der Waals surface area contributed by atoms with Crippen LogP contribution in [0.15, 0.2) is 30.5 Å². The topological polar surface area (TPSA) is 165 Å². The molecule has 10 nitrogen and oxygen atoms in total. The van der Waals surface area contributed by atoms with Crippen LogP contribution in [0, 0.1) is 0 Å². The predicted octanol–water partition coefficient (Wildman–Crippen LogP) is 0.953. The van der Waals surface area contributed by atoms with E-state index in [0.29, 0.717) is 17.8 Å². The van der Waals surface area contributed by atoms with Gasteiger partial charge in [-0.05, 0) is 31.2 Å². The summed E-state index contributed by atoms with van der Waals surface area (Å²) in [6, 6.07) is 6.12. The van der Waals surface area contributed by atoms with E-state index in [9.17, 15) is 14.4 Å². The van der Waals surface area contributed by atoms with Crippen molar-refractivity contribution in [3.05, 3.63) is 36.0 Å². The first-order valence-electron chi connectivity index (χ1n) is 8.19. The zero-order valence-electron chi connectivity index (χ0n) is 14.9. The summed E-state index contributed by atoms with van der Waals surface area (Å²) in [6.07, 6.45) is 1.63. The fraction of sp³-hybridized carbons (Fsp3) is 0.235. The van der Waals surface area contributed by atoms with Gasteiger partial charge in [0, 0.05) is 24.0 Å². The van der Waals surface area contributed by atoms with Crippen LogP contribution in [0.5, 0.6) is 0 Å². The van der Waals surface area contributed by atoms with Gasteiger partial charge in [0.15, 0.2) is 0 Å². The highest BCUT2D eigenvalue weighted by molar-refractivity contribution is 5.98. The number of nitrogens with zero attached hydrogens (tertiary/aromatic N) is 2. The lowest BCUT2D eigenvalue weighted by atomic mass is 10.2. The number of nitrogens with two attached hydrogens (primary N) is 2. The van der Waals surface area contributed by atoms with Crippen molar-refractivity contribution in [2.24, 2.45) is 11.5 Å². The van der Waals surface area contributed by atoms with Crippen LogP contribution in [-0.2, 0) is 9.59 Å². The molecule has 0 bridgehead atoms. The highest BCUT2D eigenvalue weighted by Gasteiger charge is 2.15. The highest BCUT2D eigenvalue weighted by atomic mass is 16.2. The van der Waals surface area contributed by atoms with Crippen molar-refractivity contribution in [3.8, 4) is 0 Å². The number of anilines is 4. The molecular weight excluding hydrogens is 350 g/mol. The minimum Gasteiger partial charge on any atom is -0.368 e. The summed E-state index contributed by atoms with van der Waals surface area (Å²) in [7, 11) is 0. The standard InChI is InChI=1S/C17H21N7O3/c1-3-13(25)22-10-4-6-11(7-5-10)23-16-12(15(19)27)8-20-17(24-16)21-9(2)14(18)26/h4-9H,3H2,1-2H3,(H2,18,26)(H2,19,27)(H,22,25)(H2,20,21,23,24). The lowest BCUT2D eigenvalue weighted by Crippen LogP contribution is -2.33. The van der Waals surface area contributed by atoms with E-state index >= 15 is 0 Å². The quantitative estimate of drug-likeness (QED) is 0.461. The van der Waals surface area contributed by atoms with E-state index in [-0.39, 0.29) is 23.2 Å². The number of hydrogen-bond donors (Lipinski definition) is 5. The molecule has 0 radical (unpaired) electrons. The molecule has 142 valence electrons. The van der Waals surface area contributed by atoms with Gasteiger partial charge in [0.1, 0.15) is 17.4 Å². The first-order chi connectivity index (χ1) is 12.8. The second kappa shape index (κ2) is 8.61. The molecule has 0 aliphatic heterocycles. The van der Waals surface area contributed by atoms with Crippen molar-refractivity contribution in [2.45, 2.75) is 26.3 Å². The Morgan fingerprint density at radius 1 is 1.11 bits per heavy atom. The van der Waals surface area contributed by atoms with E-state index in [2.05, 4.69) is 25.9 Å². The minimum atomic E-state index is -0.709. The monoisotopic (exact) mass is 371 g/mol. The summed E-state index contributed by atoms with van der Waals surface area (Å²) in [6.45, 7) is 3.32. The van der Waals surface area contributed by atoms with E-state index < -0.39 is 17.9 Å². The number of hydrogen-bond acceptors (Lipinski definition) is 7. The summed E-state index contributed by atoms with van der Waals surface area (Å²) >= 11 is 0. The van der Waals surface area contributed by atoms with E-state index in [1.54, 1.807) is 38.1 Å². The van der Waals surface area contributed by atoms with Crippen molar-refractivity contribution in [1.29, 1.82) is 0 Å². The van der Waals surface area contributed by atoms with E-state index in [1.165, 1.54) is 6.20 Å². The SMILES string of the molecule is CCC(=O)Nc1ccc(Nc2nc(NC(C)C(N)=O)ncc2C(N)=O)cc1. The molecule has 2 aromatic rings. The summed E-state index contributed by atoms with van der Waals surface area (Å²) in [5.41, 5.74) is 11.9. The molecule has 1 heterocycles. The van der Waals surface area contributed by atoms with Crippen molar-refractivity contribution in [3.63, 3.8) is 0 Å². The van der Waals surface area contributed by atoms with Crippen LogP contribution >= 0.6 is 0 Å². The van der Waals surface area contributed by atoms with Crippen molar-refractivity contribution in [1.82, 2.24) is 9.97 Å². The Hall–Kier alpha value is -3.69. The number of aromatic nitrogens is 2. The average molecular weight is 371 g/mol. The first kappa shape index (κ1) is 19.6. The van der Waals surface area contributed by atoms with Crippen molar-refractivity contribution < 1.29 is 14.4 Å². The molecule has 0 aliphatic carbocycles. The number of nitrogens with one attached hydrogen (secondary N) is 3. The molecular formula is C17H21N7O3. The Balaban J connectivity index is 2.23. The summed E-state index contributed by atoms with van der Waals surface area (Å²) in [5.74, 6) is -1.10. The molecule has 10 heteroatoms. The smallest absolute Gasteiger partial charge is 0.254 e. The molecule has 0 aliphatic rings. The molecule has 7 N–H and O–H groups in total. The van der Waals surface area contributed by atoms with Crippen LogP contribution in [0.3, 0.4) is 0 Å².